The maximum Gasteiger partial charge on any atom is 0.219 e. The fourth-order valence-electron chi connectivity index (χ4n) is 4.49. The van der Waals surface area contributed by atoms with Gasteiger partial charge in [0.15, 0.2) is 11.5 Å². The summed E-state index contributed by atoms with van der Waals surface area (Å²) in [6.45, 7) is 5.85. The SMILES string of the molecule is CCc1cc2nccc(Oc3ccc(CC(=O)c4nn(C(C)C)cc(-c5ccc(F)cc5)c4=O)cn3)c2cc1OC. The zero-order chi connectivity index (χ0) is 29.1. The molecule has 41 heavy (non-hydrogen) atoms. The number of benzene rings is 2. The van der Waals surface area contributed by atoms with Crippen molar-refractivity contribution in [3.63, 3.8) is 0 Å². The molecule has 0 spiro atoms. The topological polar surface area (TPSA) is 96.2 Å². The van der Waals surface area contributed by atoms with Crippen LogP contribution in [0.2, 0.25) is 0 Å². The smallest absolute Gasteiger partial charge is 0.219 e. The molecule has 0 aliphatic heterocycles. The highest BCUT2D eigenvalue weighted by molar-refractivity contribution is 5.96. The van der Waals surface area contributed by atoms with Crippen LogP contribution in [-0.4, -0.2) is 32.6 Å². The molecule has 0 fully saturated rings. The Balaban J connectivity index is 1.39. The molecule has 5 aromatic rings. The standard InChI is InChI=1S/C32H29FN4O4/c1-5-21-15-26-24(16-29(21)40-4)28(12-13-34-26)41-30-11-6-20(17-35-30)14-27(38)31-32(39)25(18-37(36-31)19(2)3)22-7-9-23(33)10-8-22/h6-13,15-19H,5,14H2,1-4H3. The van der Waals surface area contributed by atoms with Crippen LogP contribution in [0.25, 0.3) is 22.0 Å². The highest BCUT2D eigenvalue weighted by Gasteiger charge is 2.20. The van der Waals surface area contributed by atoms with Crippen LogP contribution in [0.3, 0.4) is 0 Å². The van der Waals surface area contributed by atoms with E-state index in [0.717, 1.165) is 28.6 Å². The highest BCUT2D eigenvalue weighted by atomic mass is 19.1. The minimum absolute atomic E-state index is 0.0737. The number of ether oxygens (including phenoxy) is 2. The number of hydrogen-bond acceptors (Lipinski definition) is 7. The Bertz CT molecular complexity index is 1780. The fraction of sp³-hybridized carbons (Fsp3) is 0.219. The van der Waals surface area contributed by atoms with Gasteiger partial charge in [-0.1, -0.05) is 25.1 Å². The summed E-state index contributed by atoms with van der Waals surface area (Å²) >= 11 is 0. The Morgan fingerprint density at radius 1 is 1.02 bits per heavy atom. The van der Waals surface area contributed by atoms with E-state index >= 15 is 0 Å². The molecule has 8 nitrogen and oxygen atoms in total. The third-order valence-corrected chi connectivity index (χ3v) is 6.75. The van der Waals surface area contributed by atoms with Crippen molar-refractivity contribution in [3.8, 4) is 28.5 Å². The summed E-state index contributed by atoms with van der Waals surface area (Å²) < 4.78 is 26.6. The number of nitrogens with zero attached hydrogens (tertiary/aromatic N) is 4. The number of carbonyl (C=O) groups is 1. The molecule has 0 bridgehead atoms. The maximum absolute atomic E-state index is 13.5. The largest absolute Gasteiger partial charge is 0.496 e. The molecule has 5 rings (SSSR count). The monoisotopic (exact) mass is 552 g/mol. The van der Waals surface area contributed by atoms with Gasteiger partial charge in [-0.05, 0) is 67.3 Å². The lowest BCUT2D eigenvalue weighted by Crippen LogP contribution is -2.25. The van der Waals surface area contributed by atoms with Crippen LogP contribution in [0.15, 0.2) is 78.0 Å². The Morgan fingerprint density at radius 3 is 2.46 bits per heavy atom. The molecule has 0 amide bonds. The lowest BCUT2D eigenvalue weighted by Gasteiger charge is -2.14. The van der Waals surface area contributed by atoms with Gasteiger partial charge in [0.25, 0.3) is 0 Å². The molecule has 0 unspecified atom stereocenters. The van der Waals surface area contributed by atoms with Gasteiger partial charge in [0, 0.05) is 48.1 Å². The number of halogens is 1. The van der Waals surface area contributed by atoms with Crippen molar-refractivity contribution in [1.29, 1.82) is 0 Å². The predicted octanol–water partition coefficient (Wildman–Crippen LogP) is 6.36. The second-order valence-electron chi connectivity index (χ2n) is 9.85. The van der Waals surface area contributed by atoms with Gasteiger partial charge in [0.1, 0.15) is 17.3 Å². The molecule has 3 aromatic heterocycles. The second kappa shape index (κ2) is 11.7. The maximum atomic E-state index is 13.5. The Hall–Kier alpha value is -4.92. The first-order valence-electron chi connectivity index (χ1n) is 13.3. The Labute approximate surface area is 236 Å². The number of fused-ring (bicyclic) bond motifs is 1. The number of aryl methyl sites for hydroxylation is 1. The fourth-order valence-corrected chi connectivity index (χ4v) is 4.49. The van der Waals surface area contributed by atoms with Gasteiger partial charge in [-0.15, -0.1) is 0 Å². The summed E-state index contributed by atoms with van der Waals surface area (Å²) in [7, 11) is 1.63. The normalized spacial score (nSPS) is 11.2. The minimum atomic E-state index is -0.502. The lowest BCUT2D eigenvalue weighted by molar-refractivity contribution is 0.0984. The molecule has 3 heterocycles. The number of pyridine rings is 2. The van der Waals surface area contributed by atoms with Crippen LogP contribution >= 0.6 is 0 Å². The van der Waals surface area contributed by atoms with Crippen molar-refractivity contribution in [3.05, 3.63) is 106 Å². The highest BCUT2D eigenvalue weighted by Crippen LogP contribution is 2.33. The molecule has 2 aromatic carbocycles. The van der Waals surface area contributed by atoms with E-state index in [-0.39, 0.29) is 23.7 Å². The van der Waals surface area contributed by atoms with Gasteiger partial charge in [0.2, 0.25) is 11.3 Å². The first-order valence-corrected chi connectivity index (χ1v) is 13.3. The number of Topliss-reactive ketones (excluding diaryl/α,β-unsaturated/α-hetero) is 1. The van der Waals surface area contributed by atoms with Gasteiger partial charge in [-0.3, -0.25) is 19.3 Å². The summed E-state index contributed by atoms with van der Waals surface area (Å²) in [5.41, 5.74) is 2.55. The number of hydrogen-bond donors (Lipinski definition) is 0. The van der Waals surface area contributed by atoms with E-state index in [4.69, 9.17) is 9.47 Å². The third kappa shape index (κ3) is 5.84. The zero-order valence-electron chi connectivity index (χ0n) is 23.2. The number of methoxy groups -OCH3 is 1. The average Bonchev–Trinajstić information content (AvgIpc) is 2.98. The van der Waals surface area contributed by atoms with E-state index in [1.165, 1.54) is 30.5 Å². The Kier molecular flexibility index (Phi) is 7.87. The van der Waals surface area contributed by atoms with Crippen LogP contribution in [0.4, 0.5) is 4.39 Å². The van der Waals surface area contributed by atoms with Crippen molar-refractivity contribution >= 4 is 16.7 Å². The van der Waals surface area contributed by atoms with E-state index in [0.29, 0.717) is 22.8 Å². The van der Waals surface area contributed by atoms with E-state index in [1.54, 1.807) is 42.4 Å². The van der Waals surface area contributed by atoms with Gasteiger partial charge in [-0.2, -0.15) is 5.10 Å². The number of ketones is 1. The van der Waals surface area contributed by atoms with Gasteiger partial charge >= 0.3 is 0 Å². The lowest BCUT2D eigenvalue weighted by atomic mass is 10.0. The van der Waals surface area contributed by atoms with Crippen molar-refractivity contribution < 1.29 is 18.7 Å². The molecular weight excluding hydrogens is 523 g/mol. The third-order valence-electron chi connectivity index (χ3n) is 6.75. The molecule has 208 valence electrons. The van der Waals surface area contributed by atoms with Crippen LogP contribution in [-0.2, 0) is 12.8 Å². The van der Waals surface area contributed by atoms with Crippen LogP contribution in [0.5, 0.6) is 17.4 Å². The summed E-state index contributed by atoms with van der Waals surface area (Å²) in [6.07, 6.45) is 5.54. The Morgan fingerprint density at radius 2 is 1.80 bits per heavy atom. The first kappa shape index (κ1) is 27.6. The summed E-state index contributed by atoms with van der Waals surface area (Å²) in [4.78, 5) is 35.4. The van der Waals surface area contributed by atoms with Gasteiger partial charge in [-0.25, -0.2) is 9.37 Å². The summed E-state index contributed by atoms with van der Waals surface area (Å²) in [6, 6.07) is 14.5. The quantitative estimate of drug-likeness (QED) is 0.196. The van der Waals surface area contributed by atoms with Gasteiger partial charge in [0.05, 0.1) is 12.6 Å². The van der Waals surface area contributed by atoms with Crippen molar-refractivity contribution in [2.24, 2.45) is 0 Å². The molecule has 9 heteroatoms. The molecule has 0 aliphatic rings. The van der Waals surface area contributed by atoms with E-state index in [9.17, 15) is 14.0 Å². The van der Waals surface area contributed by atoms with Crippen molar-refractivity contribution in [2.75, 3.05) is 7.11 Å². The van der Waals surface area contributed by atoms with Crippen LogP contribution in [0, 0.1) is 5.82 Å². The van der Waals surface area contributed by atoms with Crippen LogP contribution in [0.1, 0.15) is 48.4 Å². The molecule has 0 aliphatic carbocycles. The second-order valence-corrected chi connectivity index (χ2v) is 9.85. The molecule has 0 atom stereocenters. The molecule has 0 saturated carbocycles. The molecule has 0 saturated heterocycles. The number of rotatable bonds is 9. The summed E-state index contributed by atoms with van der Waals surface area (Å²) in [5, 5.41) is 5.11. The molecule has 0 radical (unpaired) electrons. The molecular formula is C32H29FN4O4. The van der Waals surface area contributed by atoms with E-state index in [1.807, 2.05) is 26.0 Å². The van der Waals surface area contributed by atoms with Crippen molar-refractivity contribution in [1.82, 2.24) is 19.7 Å². The number of carbonyl (C=O) groups excluding carboxylic acids is 1. The van der Waals surface area contributed by atoms with E-state index < -0.39 is 17.0 Å². The number of aromatic nitrogens is 4. The minimum Gasteiger partial charge on any atom is -0.496 e. The summed E-state index contributed by atoms with van der Waals surface area (Å²) in [5.74, 6) is 0.816. The van der Waals surface area contributed by atoms with Crippen molar-refractivity contribution in [2.45, 2.75) is 39.7 Å². The van der Waals surface area contributed by atoms with Crippen LogP contribution < -0.4 is 14.9 Å². The molecule has 0 N–H and O–H groups in total. The average molecular weight is 553 g/mol. The van der Waals surface area contributed by atoms with E-state index in [2.05, 4.69) is 22.0 Å². The predicted molar refractivity (Wildman–Crippen MR) is 154 cm³/mol. The van der Waals surface area contributed by atoms with Gasteiger partial charge < -0.3 is 9.47 Å². The zero-order valence-corrected chi connectivity index (χ0v) is 23.2. The first-order chi connectivity index (χ1) is 19.8.